The van der Waals surface area contributed by atoms with E-state index >= 15 is 0 Å². The molecular formula is C12H8ClF2N5. The molecule has 102 valence electrons. The van der Waals surface area contributed by atoms with Gasteiger partial charge in [-0.2, -0.15) is 5.10 Å². The van der Waals surface area contributed by atoms with Crippen molar-refractivity contribution in [2.75, 3.05) is 0 Å². The molecule has 20 heavy (non-hydrogen) atoms. The summed E-state index contributed by atoms with van der Waals surface area (Å²) in [5.41, 5.74) is 1.90. The van der Waals surface area contributed by atoms with Gasteiger partial charge in [-0.1, -0.05) is 11.6 Å². The lowest BCUT2D eigenvalue weighted by atomic mass is 10.3. The number of alkyl halides is 2. The van der Waals surface area contributed by atoms with Crippen molar-refractivity contribution in [3.8, 4) is 11.4 Å². The summed E-state index contributed by atoms with van der Waals surface area (Å²) in [6.45, 7) is -0.503. The molecule has 3 aromatic heterocycles. The monoisotopic (exact) mass is 295 g/mol. The molecule has 0 amide bonds. The van der Waals surface area contributed by atoms with E-state index in [1.165, 1.54) is 18.6 Å². The van der Waals surface area contributed by atoms with Gasteiger partial charge in [0.2, 0.25) is 0 Å². The maximum absolute atomic E-state index is 12.4. The van der Waals surface area contributed by atoms with Crippen LogP contribution >= 0.6 is 11.6 Å². The fraction of sp³-hybridized carbons (Fsp3) is 0.167. The lowest BCUT2D eigenvalue weighted by Crippen LogP contribution is -2.08. The van der Waals surface area contributed by atoms with E-state index in [0.29, 0.717) is 27.6 Å². The first-order valence-electron chi connectivity index (χ1n) is 5.72. The molecule has 0 aromatic carbocycles. The number of halogens is 3. The molecule has 0 aliphatic heterocycles. The number of rotatable bonds is 3. The summed E-state index contributed by atoms with van der Waals surface area (Å²) in [7, 11) is 0. The fourth-order valence-electron chi connectivity index (χ4n) is 1.78. The number of fused-ring (bicyclic) bond motifs is 1. The molecule has 0 unspecified atom stereocenters. The van der Waals surface area contributed by atoms with Crippen LogP contribution in [0.15, 0.2) is 30.7 Å². The van der Waals surface area contributed by atoms with Crippen LogP contribution in [0.25, 0.3) is 22.6 Å². The highest BCUT2D eigenvalue weighted by Crippen LogP contribution is 2.18. The lowest BCUT2D eigenvalue weighted by Gasteiger charge is -2.02. The third kappa shape index (κ3) is 2.44. The summed E-state index contributed by atoms with van der Waals surface area (Å²) in [5.74, 6) is 0. The van der Waals surface area contributed by atoms with Crippen molar-refractivity contribution in [1.82, 2.24) is 24.7 Å². The number of hydrogen-bond donors (Lipinski definition) is 0. The van der Waals surface area contributed by atoms with Crippen molar-refractivity contribution in [3.63, 3.8) is 0 Å². The van der Waals surface area contributed by atoms with E-state index in [1.54, 1.807) is 12.1 Å². The second-order valence-corrected chi connectivity index (χ2v) is 4.48. The average molecular weight is 296 g/mol. The molecule has 8 heteroatoms. The van der Waals surface area contributed by atoms with Crippen molar-refractivity contribution >= 4 is 22.8 Å². The molecule has 5 nitrogen and oxygen atoms in total. The number of aromatic nitrogens is 5. The molecule has 0 N–H and O–H groups in total. The molecule has 0 fully saturated rings. The highest BCUT2D eigenvalue weighted by Gasteiger charge is 2.12. The first-order valence-corrected chi connectivity index (χ1v) is 6.10. The predicted molar refractivity (Wildman–Crippen MR) is 69.6 cm³/mol. The second kappa shape index (κ2) is 5.09. The summed E-state index contributed by atoms with van der Waals surface area (Å²) < 4.78 is 25.9. The SMILES string of the molecule is FC(F)Cn1ncc2nc(-c3ccc(Cl)cn3)cnc21. The van der Waals surface area contributed by atoms with Crippen molar-refractivity contribution in [3.05, 3.63) is 35.7 Å². The summed E-state index contributed by atoms with van der Waals surface area (Å²) in [5, 5.41) is 4.38. The molecule has 0 saturated heterocycles. The number of hydrogen-bond acceptors (Lipinski definition) is 4. The van der Waals surface area contributed by atoms with Gasteiger partial charge in [0.1, 0.15) is 17.8 Å². The minimum atomic E-state index is -2.49. The van der Waals surface area contributed by atoms with Gasteiger partial charge in [0.05, 0.1) is 23.1 Å². The Morgan fingerprint density at radius 1 is 1.10 bits per heavy atom. The van der Waals surface area contributed by atoms with Gasteiger partial charge in [-0.25, -0.2) is 23.4 Å². The van der Waals surface area contributed by atoms with E-state index in [0.717, 1.165) is 4.68 Å². The fourth-order valence-corrected chi connectivity index (χ4v) is 1.89. The minimum absolute atomic E-state index is 0.322. The summed E-state index contributed by atoms with van der Waals surface area (Å²) in [4.78, 5) is 12.6. The van der Waals surface area contributed by atoms with E-state index in [-0.39, 0.29) is 0 Å². The Morgan fingerprint density at radius 3 is 2.65 bits per heavy atom. The first kappa shape index (κ1) is 12.9. The van der Waals surface area contributed by atoms with Crippen molar-refractivity contribution < 1.29 is 8.78 Å². The Kier molecular flexibility index (Phi) is 3.27. The zero-order valence-electron chi connectivity index (χ0n) is 10.0. The van der Waals surface area contributed by atoms with Gasteiger partial charge in [0.15, 0.2) is 5.65 Å². The van der Waals surface area contributed by atoms with Crippen LogP contribution in [0, 0.1) is 0 Å². The van der Waals surface area contributed by atoms with Gasteiger partial charge in [-0.05, 0) is 12.1 Å². The van der Waals surface area contributed by atoms with Gasteiger partial charge < -0.3 is 0 Å². The maximum Gasteiger partial charge on any atom is 0.258 e. The van der Waals surface area contributed by atoms with Crippen molar-refractivity contribution in [2.24, 2.45) is 0 Å². The zero-order chi connectivity index (χ0) is 14.1. The van der Waals surface area contributed by atoms with Crippen molar-refractivity contribution in [2.45, 2.75) is 13.0 Å². The molecule has 3 rings (SSSR count). The Morgan fingerprint density at radius 2 is 1.95 bits per heavy atom. The maximum atomic E-state index is 12.4. The average Bonchev–Trinajstić information content (AvgIpc) is 2.81. The van der Waals surface area contributed by atoms with E-state index < -0.39 is 13.0 Å². The molecule has 0 bridgehead atoms. The quantitative estimate of drug-likeness (QED) is 0.745. The topological polar surface area (TPSA) is 56.5 Å². The van der Waals surface area contributed by atoms with Crippen LogP contribution in [-0.4, -0.2) is 31.2 Å². The van der Waals surface area contributed by atoms with Crippen LogP contribution < -0.4 is 0 Å². The molecule has 3 heterocycles. The molecule has 0 aliphatic carbocycles. The van der Waals surface area contributed by atoms with Crippen LogP contribution in [0.5, 0.6) is 0 Å². The summed E-state index contributed by atoms with van der Waals surface area (Å²) in [6, 6.07) is 3.40. The standard InChI is InChI=1S/C12H8ClF2N5/c13-7-1-2-8(16-3-7)9-4-17-12-10(19-9)5-18-20(12)6-11(14)15/h1-5,11H,6H2. The van der Waals surface area contributed by atoms with Crippen LogP contribution in [0.4, 0.5) is 8.78 Å². The van der Waals surface area contributed by atoms with Gasteiger partial charge >= 0.3 is 0 Å². The highest BCUT2D eigenvalue weighted by molar-refractivity contribution is 6.30. The predicted octanol–water partition coefficient (Wildman–Crippen LogP) is 2.81. The van der Waals surface area contributed by atoms with Crippen LogP contribution in [0.3, 0.4) is 0 Å². The molecule has 0 saturated carbocycles. The molecule has 3 aromatic rings. The Hall–Kier alpha value is -2.15. The van der Waals surface area contributed by atoms with Gasteiger partial charge in [0, 0.05) is 6.20 Å². The lowest BCUT2D eigenvalue weighted by molar-refractivity contribution is 0.123. The van der Waals surface area contributed by atoms with Gasteiger partial charge in [-0.15, -0.1) is 0 Å². The van der Waals surface area contributed by atoms with E-state index in [1.807, 2.05) is 0 Å². The zero-order valence-corrected chi connectivity index (χ0v) is 10.8. The second-order valence-electron chi connectivity index (χ2n) is 4.04. The van der Waals surface area contributed by atoms with Crippen LogP contribution in [0.2, 0.25) is 5.02 Å². The Balaban J connectivity index is 2.01. The van der Waals surface area contributed by atoms with Gasteiger partial charge in [-0.3, -0.25) is 4.98 Å². The summed E-state index contributed by atoms with van der Waals surface area (Å²) in [6.07, 6.45) is 1.90. The van der Waals surface area contributed by atoms with Gasteiger partial charge in [0.25, 0.3) is 6.43 Å². The molecule has 0 spiro atoms. The Labute approximate surface area is 117 Å². The molecule has 0 atom stereocenters. The molecule has 0 aliphatic rings. The van der Waals surface area contributed by atoms with Crippen LogP contribution in [-0.2, 0) is 6.54 Å². The van der Waals surface area contributed by atoms with Crippen molar-refractivity contribution in [1.29, 1.82) is 0 Å². The molecule has 0 radical (unpaired) electrons. The largest absolute Gasteiger partial charge is 0.258 e. The van der Waals surface area contributed by atoms with E-state index in [9.17, 15) is 8.78 Å². The van der Waals surface area contributed by atoms with E-state index in [4.69, 9.17) is 11.6 Å². The van der Waals surface area contributed by atoms with Crippen LogP contribution in [0.1, 0.15) is 0 Å². The normalized spacial score (nSPS) is 11.4. The number of nitrogens with zero attached hydrogens (tertiary/aromatic N) is 5. The smallest absolute Gasteiger partial charge is 0.253 e. The summed E-state index contributed by atoms with van der Waals surface area (Å²) >= 11 is 5.76. The molecular weight excluding hydrogens is 288 g/mol. The first-order chi connectivity index (χ1) is 9.63. The third-order valence-corrected chi connectivity index (χ3v) is 2.87. The third-order valence-electron chi connectivity index (χ3n) is 2.64. The number of pyridine rings is 1. The highest BCUT2D eigenvalue weighted by atomic mass is 35.5. The minimum Gasteiger partial charge on any atom is -0.253 e. The van der Waals surface area contributed by atoms with E-state index in [2.05, 4.69) is 20.1 Å². The Bertz CT molecular complexity index is 741.